The zero-order valence-corrected chi connectivity index (χ0v) is 15.5. The summed E-state index contributed by atoms with van der Waals surface area (Å²) in [5, 5.41) is 14.3. The highest BCUT2D eigenvalue weighted by molar-refractivity contribution is 5.98. The van der Waals surface area contributed by atoms with Crippen molar-refractivity contribution in [1.29, 1.82) is 0 Å². The molecule has 0 aromatic heterocycles. The van der Waals surface area contributed by atoms with Crippen LogP contribution < -0.4 is 5.32 Å². The molecule has 142 valence electrons. The minimum absolute atomic E-state index is 0.0507. The normalized spacial score (nSPS) is 14.9. The molecule has 0 atom stereocenters. The number of carbonyl (C=O) groups excluding carboxylic acids is 2. The number of aryl methyl sites for hydroxylation is 1. The van der Waals surface area contributed by atoms with Gasteiger partial charge in [-0.25, -0.2) is 0 Å². The average molecular weight is 361 g/mol. The molecule has 0 spiro atoms. The van der Waals surface area contributed by atoms with Gasteiger partial charge in [-0.3, -0.25) is 19.7 Å². The number of hydrogen-bond donors (Lipinski definition) is 1. The van der Waals surface area contributed by atoms with Gasteiger partial charge in [0.1, 0.15) is 5.56 Å². The van der Waals surface area contributed by atoms with E-state index in [1.807, 2.05) is 0 Å². The van der Waals surface area contributed by atoms with E-state index in [2.05, 4.69) is 12.2 Å². The van der Waals surface area contributed by atoms with E-state index in [0.717, 1.165) is 19.3 Å². The van der Waals surface area contributed by atoms with Crippen LogP contribution >= 0.6 is 0 Å². The molecule has 1 aromatic rings. The van der Waals surface area contributed by atoms with Crippen molar-refractivity contribution >= 4 is 17.5 Å². The van der Waals surface area contributed by atoms with Crippen LogP contribution in [0, 0.1) is 23.0 Å². The van der Waals surface area contributed by atoms with E-state index in [1.54, 1.807) is 24.0 Å². The highest BCUT2D eigenvalue weighted by atomic mass is 16.6. The molecule has 26 heavy (non-hydrogen) atoms. The van der Waals surface area contributed by atoms with Crippen LogP contribution in [-0.2, 0) is 4.79 Å². The molecule has 0 bridgehead atoms. The predicted octanol–water partition coefficient (Wildman–Crippen LogP) is 3.06. The molecule has 0 saturated carbocycles. The number of amides is 2. The molecule has 7 nitrogen and oxygen atoms in total. The summed E-state index contributed by atoms with van der Waals surface area (Å²) in [6, 6.07) is 4.79. The average Bonchev–Trinajstić information content (AvgIpc) is 2.64. The van der Waals surface area contributed by atoms with E-state index in [4.69, 9.17) is 0 Å². The molecule has 1 heterocycles. The molecule has 1 aromatic carbocycles. The second-order valence-corrected chi connectivity index (χ2v) is 6.79. The van der Waals surface area contributed by atoms with Crippen molar-refractivity contribution in [3.05, 3.63) is 39.4 Å². The maximum atomic E-state index is 12.7. The number of likely N-dealkylation sites (tertiary alicyclic amines) is 1. The summed E-state index contributed by atoms with van der Waals surface area (Å²) in [7, 11) is 0. The third-order valence-electron chi connectivity index (χ3n) is 4.88. The molecule has 1 aliphatic rings. The van der Waals surface area contributed by atoms with Crippen LogP contribution in [0.4, 0.5) is 5.69 Å². The predicted molar refractivity (Wildman–Crippen MR) is 99.0 cm³/mol. The zero-order chi connectivity index (χ0) is 19.1. The number of nitrogens with one attached hydrogen (secondary N) is 1. The van der Waals surface area contributed by atoms with E-state index in [1.165, 1.54) is 6.07 Å². The SMILES string of the molecule is CCCCCNC(=O)C1CCN(C(=O)c2cccc(C)c2[N+](=O)[O-])CC1. The number of benzene rings is 1. The maximum absolute atomic E-state index is 12.7. The Hall–Kier alpha value is -2.44. The third-order valence-corrected chi connectivity index (χ3v) is 4.88. The summed E-state index contributed by atoms with van der Waals surface area (Å²) in [6.45, 7) is 5.33. The lowest BCUT2D eigenvalue weighted by Crippen LogP contribution is -2.43. The summed E-state index contributed by atoms with van der Waals surface area (Å²) in [6.07, 6.45) is 4.37. The fraction of sp³-hybridized carbons (Fsp3) is 0.579. The van der Waals surface area contributed by atoms with Crippen molar-refractivity contribution in [2.45, 2.75) is 46.0 Å². The van der Waals surface area contributed by atoms with Gasteiger partial charge in [0.25, 0.3) is 11.6 Å². The summed E-state index contributed by atoms with van der Waals surface area (Å²) in [5.74, 6) is -0.370. The van der Waals surface area contributed by atoms with E-state index in [0.29, 0.717) is 38.0 Å². The number of rotatable bonds is 7. The Labute approximate surface area is 153 Å². The maximum Gasteiger partial charge on any atom is 0.285 e. The highest BCUT2D eigenvalue weighted by Crippen LogP contribution is 2.26. The molecule has 1 N–H and O–H groups in total. The number of nitro groups is 1. The fourth-order valence-electron chi connectivity index (χ4n) is 3.32. The zero-order valence-electron chi connectivity index (χ0n) is 15.5. The van der Waals surface area contributed by atoms with Crippen molar-refractivity contribution in [3.63, 3.8) is 0 Å². The molecule has 1 aliphatic heterocycles. The molecule has 0 radical (unpaired) electrons. The second kappa shape index (κ2) is 9.31. The molecule has 0 aliphatic carbocycles. The second-order valence-electron chi connectivity index (χ2n) is 6.79. The minimum Gasteiger partial charge on any atom is -0.356 e. The van der Waals surface area contributed by atoms with E-state index < -0.39 is 4.92 Å². The number of nitrogens with zero attached hydrogens (tertiary/aromatic N) is 2. The molecule has 1 saturated heterocycles. The number of para-hydroxylation sites is 1. The van der Waals surface area contributed by atoms with Gasteiger partial charge in [0.05, 0.1) is 4.92 Å². The van der Waals surface area contributed by atoms with Crippen LogP contribution in [0.15, 0.2) is 18.2 Å². The first-order chi connectivity index (χ1) is 12.5. The highest BCUT2D eigenvalue weighted by Gasteiger charge is 2.31. The van der Waals surface area contributed by atoms with Crippen LogP contribution in [0.3, 0.4) is 0 Å². The first-order valence-electron chi connectivity index (χ1n) is 9.26. The van der Waals surface area contributed by atoms with E-state index in [-0.39, 0.29) is 29.0 Å². The van der Waals surface area contributed by atoms with Crippen molar-refractivity contribution in [2.75, 3.05) is 19.6 Å². The number of carbonyl (C=O) groups is 2. The van der Waals surface area contributed by atoms with Crippen molar-refractivity contribution in [3.8, 4) is 0 Å². The largest absolute Gasteiger partial charge is 0.356 e. The van der Waals surface area contributed by atoms with Crippen LogP contribution in [0.5, 0.6) is 0 Å². The topological polar surface area (TPSA) is 92.6 Å². The summed E-state index contributed by atoms with van der Waals surface area (Å²) < 4.78 is 0. The summed E-state index contributed by atoms with van der Waals surface area (Å²) in [4.78, 5) is 37.3. The van der Waals surface area contributed by atoms with Crippen LogP contribution in [0.2, 0.25) is 0 Å². The Kier molecular flexibility index (Phi) is 7.12. The number of hydrogen-bond acceptors (Lipinski definition) is 4. The van der Waals surface area contributed by atoms with Gasteiger partial charge in [-0.15, -0.1) is 0 Å². The lowest BCUT2D eigenvalue weighted by molar-refractivity contribution is -0.385. The van der Waals surface area contributed by atoms with Gasteiger partial charge in [-0.2, -0.15) is 0 Å². The molecule has 1 fully saturated rings. The Morgan fingerprint density at radius 3 is 2.58 bits per heavy atom. The van der Waals surface area contributed by atoms with Crippen molar-refractivity contribution < 1.29 is 14.5 Å². The first kappa shape index (κ1) is 19.9. The van der Waals surface area contributed by atoms with Gasteiger partial charge >= 0.3 is 0 Å². The number of piperidine rings is 1. The van der Waals surface area contributed by atoms with Gasteiger partial charge in [-0.1, -0.05) is 31.9 Å². The van der Waals surface area contributed by atoms with Gasteiger partial charge in [0.15, 0.2) is 0 Å². The molecule has 0 unspecified atom stereocenters. The summed E-state index contributed by atoms with van der Waals surface area (Å²) >= 11 is 0. The Bertz CT molecular complexity index is 667. The van der Waals surface area contributed by atoms with E-state index >= 15 is 0 Å². The minimum atomic E-state index is -0.501. The Morgan fingerprint density at radius 1 is 1.27 bits per heavy atom. The molecular formula is C19H27N3O4. The van der Waals surface area contributed by atoms with Gasteiger partial charge in [0, 0.05) is 31.1 Å². The molecular weight excluding hydrogens is 334 g/mol. The lowest BCUT2D eigenvalue weighted by atomic mass is 9.95. The molecule has 2 amide bonds. The molecule has 7 heteroatoms. The van der Waals surface area contributed by atoms with Gasteiger partial charge < -0.3 is 10.2 Å². The Balaban J connectivity index is 1.94. The molecule has 2 rings (SSSR count). The van der Waals surface area contributed by atoms with Crippen LogP contribution in [-0.4, -0.2) is 41.3 Å². The monoisotopic (exact) mass is 361 g/mol. The Morgan fingerprint density at radius 2 is 1.96 bits per heavy atom. The van der Waals surface area contributed by atoms with Crippen molar-refractivity contribution in [2.24, 2.45) is 5.92 Å². The smallest absolute Gasteiger partial charge is 0.285 e. The standard InChI is InChI=1S/C19H27N3O4/c1-3-4-5-11-20-18(23)15-9-12-21(13-10-15)19(24)16-8-6-7-14(2)17(16)22(25)26/h6-8,15H,3-5,9-13H2,1-2H3,(H,20,23). The van der Waals surface area contributed by atoms with Crippen LogP contribution in [0.25, 0.3) is 0 Å². The first-order valence-corrected chi connectivity index (χ1v) is 9.26. The number of nitro benzene ring substituents is 1. The quantitative estimate of drug-likeness (QED) is 0.459. The van der Waals surface area contributed by atoms with Gasteiger partial charge in [0.2, 0.25) is 5.91 Å². The van der Waals surface area contributed by atoms with E-state index in [9.17, 15) is 19.7 Å². The summed E-state index contributed by atoms with van der Waals surface area (Å²) in [5.41, 5.74) is 0.466. The van der Waals surface area contributed by atoms with Crippen LogP contribution in [0.1, 0.15) is 54.9 Å². The number of unbranched alkanes of at least 4 members (excludes halogenated alkanes) is 2. The third kappa shape index (κ3) is 4.80. The van der Waals surface area contributed by atoms with Gasteiger partial charge in [-0.05, 0) is 32.3 Å². The van der Waals surface area contributed by atoms with Crippen molar-refractivity contribution in [1.82, 2.24) is 10.2 Å². The fourth-order valence-corrected chi connectivity index (χ4v) is 3.32. The lowest BCUT2D eigenvalue weighted by Gasteiger charge is -2.31.